The van der Waals surface area contributed by atoms with Crippen LogP contribution < -0.4 is 0 Å². The minimum atomic E-state index is -0.782. The normalized spacial score (nSPS) is 13.0. The summed E-state index contributed by atoms with van der Waals surface area (Å²) in [6.45, 7) is 3.62. The van der Waals surface area contributed by atoms with Crippen molar-refractivity contribution in [1.82, 2.24) is 0 Å². The van der Waals surface area contributed by atoms with E-state index in [2.05, 4.69) is 6.92 Å². The first-order valence-corrected chi connectivity index (χ1v) is 3.24. The molecule has 0 heterocycles. The van der Waals surface area contributed by atoms with Gasteiger partial charge in [-0.25, -0.2) is 0 Å². The zero-order valence-electron chi connectivity index (χ0n) is 6.17. The van der Waals surface area contributed by atoms with Crippen molar-refractivity contribution in [3.05, 3.63) is 6.92 Å². The summed E-state index contributed by atoms with van der Waals surface area (Å²) in [4.78, 5) is 10.1. The molecular weight excluding hydrogens is 132 g/mol. The molecule has 0 saturated carbocycles. The summed E-state index contributed by atoms with van der Waals surface area (Å²) < 4.78 is 4.92. The van der Waals surface area contributed by atoms with Crippen LogP contribution in [0, 0.1) is 6.92 Å². The Morgan fingerprint density at radius 1 is 1.80 bits per heavy atom. The third-order valence-corrected chi connectivity index (χ3v) is 1.34. The number of carboxylic acids is 1. The van der Waals surface area contributed by atoms with E-state index in [1.807, 2.05) is 0 Å². The second kappa shape index (κ2) is 5.23. The first-order chi connectivity index (χ1) is 4.70. The molecule has 0 aromatic heterocycles. The maximum Gasteiger partial charge on any atom is 0.303 e. The summed E-state index contributed by atoms with van der Waals surface area (Å²) >= 11 is 0. The Morgan fingerprint density at radius 2 is 2.40 bits per heavy atom. The number of carbonyl (C=O) groups is 1. The third kappa shape index (κ3) is 4.32. The topological polar surface area (TPSA) is 46.5 Å². The molecule has 1 N–H and O–H groups in total. The fourth-order valence-corrected chi connectivity index (χ4v) is 0.665. The van der Waals surface area contributed by atoms with E-state index in [-0.39, 0.29) is 12.5 Å². The van der Waals surface area contributed by atoms with Crippen molar-refractivity contribution in [2.24, 2.45) is 0 Å². The Hall–Kier alpha value is -0.570. The van der Waals surface area contributed by atoms with E-state index >= 15 is 0 Å². The van der Waals surface area contributed by atoms with Crippen LogP contribution in [0.2, 0.25) is 0 Å². The van der Waals surface area contributed by atoms with Gasteiger partial charge in [0.1, 0.15) is 0 Å². The number of hydrogen-bond acceptors (Lipinski definition) is 2. The monoisotopic (exact) mass is 145 g/mol. The van der Waals surface area contributed by atoms with Crippen LogP contribution >= 0.6 is 0 Å². The quantitative estimate of drug-likeness (QED) is 0.629. The average Bonchev–Trinajstić information content (AvgIpc) is 1.90. The highest BCUT2D eigenvalue weighted by molar-refractivity contribution is 5.66. The van der Waals surface area contributed by atoms with Crippen LogP contribution in [0.15, 0.2) is 0 Å². The molecule has 10 heavy (non-hydrogen) atoms. The van der Waals surface area contributed by atoms with E-state index < -0.39 is 5.97 Å². The van der Waals surface area contributed by atoms with Crippen LogP contribution in [-0.4, -0.2) is 24.3 Å². The second-order valence-corrected chi connectivity index (χ2v) is 2.08. The Kier molecular flexibility index (Phi) is 4.94. The van der Waals surface area contributed by atoms with Crippen LogP contribution in [-0.2, 0) is 9.53 Å². The maximum atomic E-state index is 10.1. The van der Waals surface area contributed by atoms with Crippen molar-refractivity contribution in [3.63, 3.8) is 0 Å². The van der Waals surface area contributed by atoms with Gasteiger partial charge in [-0.05, 0) is 12.8 Å². The number of methoxy groups -OCH3 is 1. The Morgan fingerprint density at radius 3 is 2.70 bits per heavy atom. The van der Waals surface area contributed by atoms with Gasteiger partial charge in [-0.3, -0.25) is 4.79 Å². The largest absolute Gasteiger partial charge is 0.481 e. The molecule has 0 aromatic carbocycles. The molecule has 0 amide bonds. The second-order valence-electron chi connectivity index (χ2n) is 2.08. The molecule has 0 aliphatic rings. The summed E-state index contributed by atoms with van der Waals surface area (Å²) in [5.74, 6) is -0.782. The van der Waals surface area contributed by atoms with Gasteiger partial charge in [-0.1, -0.05) is 6.92 Å². The third-order valence-electron chi connectivity index (χ3n) is 1.34. The van der Waals surface area contributed by atoms with Crippen molar-refractivity contribution in [2.45, 2.75) is 25.4 Å². The lowest BCUT2D eigenvalue weighted by atomic mass is 10.1. The Labute approximate surface area is 61.0 Å². The first kappa shape index (κ1) is 9.43. The van der Waals surface area contributed by atoms with E-state index in [0.29, 0.717) is 12.8 Å². The number of rotatable bonds is 5. The maximum absolute atomic E-state index is 10.1. The van der Waals surface area contributed by atoms with Crippen LogP contribution in [0.3, 0.4) is 0 Å². The molecule has 1 atom stereocenters. The van der Waals surface area contributed by atoms with E-state index in [1.54, 1.807) is 7.11 Å². The van der Waals surface area contributed by atoms with Gasteiger partial charge in [0.15, 0.2) is 0 Å². The molecule has 0 aliphatic carbocycles. The van der Waals surface area contributed by atoms with Crippen molar-refractivity contribution in [2.75, 3.05) is 7.11 Å². The lowest BCUT2D eigenvalue weighted by Gasteiger charge is -2.09. The van der Waals surface area contributed by atoms with Crippen molar-refractivity contribution < 1.29 is 14.6 Å². The van der Waals surface area contributed by atoms with Crippen LogP contribution in [0.1, 0.15) is 19.3 Å². The molecule has 1 radical (unpaired) electrons. The van der Waals surface area contributed by atoms with Gasteiger partial charge in [-0.15, -0.1) is 0 Å². The average molecular weight is 145 g/mol. The highest BCUT2D eigenvalue weighted by Gasteiger charge is 2.06. The molecule has 1 unspecified atom stereocenters. The molecule has 0 aromatic rings. The predicted octanol–water partition coefficient (Wildman–Crippen LogP) is 1.09. The zero-order valence-corrected chi connectivity index (χ0v) is 6.17. The molecule has 0 saturated heterocycles. The van der Waals surface area contributed by atoms with Crippen LogP contribution in [0.4, 0.5) is 0 Å². The van der Waals surface area contributed by atoms with Crippen molar-refractivity contribution >= 4 is 5.97 Å². The summed E-state index contributed by atoms with van der Waals surface area (Å²) in [5.41, 5.74) is 0. The standard InChI is InChI=1S/C7H13O3/c1-3-6(10-2)4-5-7(8)9/h6H,1,3-5H2,2H3,(H,8,9). The van der Waals surface area contributed by atoms with Gasteiger partial charge in [0, 0.05) is 13.5 Å². The molecule has 0 spiro atoms. The minimum absolute atomic E-state index is 0.00361. The lowest BCUT2D eigenvalue weighted by Crippen LogP contribution is -2.11. The van der Waals surface area contributed by atoms with Crippen molar-refractivity contribution in [1.29, 1.82) is 0 Å². The number of hydrogen-bond donors (Lipinski definition) is 1. The predicted molar refractivity (Wildman–Crippen MR) is 37.6 cm³/mol. The highest BCUT2D eigenvalue weighted by Crippen LogP contribution is 2.04. The number of aliphatic carboxylic acids is 1. The van der Waals surface area contributed by atoms with Crippen LogP contribution in [0.5, 0.6) is 0 Å². The molecular formula is C7H13O3. The van der Waals surface area contributed by atoms with Gasteiger partial charge in [0.2, 0.25) is 0 Å². The molecule has 0 aliphatic heterocycles. The first-order valence-electron chi connectivity index (χ1n) is 3.24. The van der Waals surface area contributed by atoms with Crippen LogP contribution in [0.25, 0.3) is 0 Å². The minimum Gasteiger partial charge on any atom is -0.481 e. The number of ether oxygens (including phenoxy) is 1. The summed E-state index contributed by atoms with van der Waals surface area (Å²) in [6.07, 6.45) is 1.34. The van der Waals surface area contributed by atoms with Gasteiger partial charge >= 0.3 is 5.97 Å². The molecule has 0 rings (SSSR count). The molecule has 0 fully saturated rings. The summed E-state index contributed by atoms with van der Waals surface area (Å²) in [6, 6.07) is 0. The fourth-order valence-electron chi connectivity index (χ4n) is 0.665. The van der Waals surface area contributed by atoms with Crippen molar-refractivity contribution in [3.8, 4) is 0 Å². The van der Waals surface area contributed by atoms with E-state index in [0.717, 1.165) is 0 Å². The summed E-state index contributed by atoms with van der Waals surface area (Å²) in [5, 5.41) is 8.28. The molecule has 59 valence electrons. The van der Waals surface area contributed by atoms with E-state index in [4.69, 9.17) is 9.84 Å². The summed E-state index contributed by atoms with van der Waals surface area (Å²) in [7, 11) is 1.57. The lowest BCUT2D eigenvalue weighted by molar-refractivity contribution is -0.137. The zero-order chi connectivity index (χ0) is 7.98. The molecule has 3 nitrogen and oxygen atoms in total. The van der Waals surface area contributed by atoms with Gasteiger partial charge < -0.3 is 9.84 Å². The number of carboxylic acid groups (broad SMARTS) is 1. The Bertz CT molecular complexity index is 97.0. The van der Waals surface area contributed by atoms with E-state index in [1.165, 1.54) is 0 Å². The molecule has 3 heteroatoms. The van der Waals surface area contributed by atoms with Gasteiger partial charge in [-0.2, -0.15) is 0 Å². The molecule has 0 bridgehead atoms. The van der Waals surface area contributed by atoms with Gasteiger partial charge in [0.05, 0.1) is 6.10 Å². The fraction of sp³-hybridized carbons (Fsp3) is 0.714. The highest BCUT2D eigenvalue weighted by atomic mass is 16.5. The Balaban J connectivity index is 3.34. The van der Waals surface area contributed by atoms with Gasteiger partial charge in [0.25, 0.3) is 0 Å². The van der Waals surface area contributed by atoms with E-state index in [9.17, 15) is 4.79 Å². The smallest absolute Gasteiger partial charge is 0.303 e. The SMILES string of the molecule is [CH2]CC(CCC(=O)O)OC.